The Kier molecular flexibility index (Phi) is 6.03. The first kappa shape index (κ1) is 16.6. The first-order valence-electron chi connectivity index (χ1n) is 7.39. The van der Waals surface area contributed by atoms with E-state index in [0.29, 0.717) is 37.2 Å². The summed E-state index contributed by atoms with van der Waals surface area (Å²) in [7, 11) is 1.64. The van der Waals surface area contributed by atoms with Crippen molar-refractivity contribution in [2.24, 2.45) is 5.92 Å². The van der Waals surface area contributed by atoms with E-state index < -0.39 is 0 Å². The van der Waals surface area contributed by atoms with Crippen molar-refractivity contribution in [1.82, 2.24) is 15.5 Å². The molecule has 1 atom stereocenters. The number of nitrogens with zero attached hydrogens (tertiary/aromatic N) is 2. The van der Waals surface area contributed by atoms with E-state index in [0.717, 1.165) is 5.56 Å². The van der Waals surface area contributed by atoms with E-state index in [2.05, 4.69) is 29.3 Å². The van der Waals surface area contributed by atoms with Crippen molar-refractivity contribution in [2.45, 2.75) is 32.9 Å². The Morgan fingerprint density at radius 2 is 2.00 bits per heavy atom. The average molecular weight is 307 g/mol. The third-order valence-electron chi connectivity index (χ3n) is 3.41. The fraction of sp³-hybridized carbons (Fsp3) is 0.500. The molecule has 0 aliphatic rings. The van der Waals surface area contributed by atoms with Gasteiger partial charge in [-0.15, -0.1) is 0 Å². The SMILES string of the molecule is COCCc1noc(CN[C@@H](c2ccc(F)cc2)C(C)C)n1. The Bertz CT molecular complexity index is 569. The van der Waals surface area contributed by atoms with Crippen LogP contribution in [0.1, 0.15) is 37.2 Å². The quantitative estimate of drug-likeness (QED) is 0.812. The van der Waals surface area contributed by atoms with Crippen LogP contribution in [0.5, 0.6) is 0 Å². The van der Waals surface area contributed by atoms with Crippen molar-refractivity contribution in [3.8, 4) is 0 Å². The molecular weight excluding hydrogens is 285 g/mol. The van der Waals surface area contributed by atoms with E-state index >= 15 is 0 Å². The minimum atomic E-state index is -0.231. The molecule has 0 aliphatic carbocycles. The van der Waals surface area contributed by atoms with Gasteiger partial charge in [0.05, 0.1) is 13.2 Å². The molecule has 1 aromatic carbocycles. The number of nitrogens with one attached hydrogen (secondary N) is 1. The van der Waals surface area contributed by atoms with Gasteiger partial charge in [-0.3, -0.25) is 0 Å². The second-order valence-corrected chi connectivity index (χ2v) is 5.50. The number of rotatable bonds is 8. The Hall–Kier alpha value is -1.79. The van der Waals surface area contributed by atoms with Crippen molar-refractivity contribution < 1.29 is 13.7 Å². The van der Waals surface area contributed by atoms with E-state index in [1.807, 2.05) is 0 Å². The summed E-state index contributed by atoms with van der Waals surface area (Å²) in [5.74, 6) is 1.30. The maximum atomic E-state index is 13.0. The standard InChI is InChI=1S/C16H22FN3O2/c1-11(2)16(12-4-6-13(17)7-5-12)18-10-15-19-14(20-22-15)8-9-21-3/h4-7,11,16,18H,8-10H2,1-3H3/t16-/m1/s1. The molecule has 0 saturated carbocycles. The lowest BCUT2D eigenvalue weighted by molar-refractivity contribution is 0.199. The van der Waals surface area contributed by atoms with Crippen LogP contribution < -0.4 is 5.32 Å². The third kappa shape index (κ3) is 4.61. The molecule has 1 aromatic heterocycles. The van der Waals surface area contributed by atoms with Gasteiger partial charge in [-0.25, -0.2) is 4.39 Å². The second kappa shape index (κ2) is 8.00. The summed E-state index contributed by atoms with van der Waals surface area (Å²) in [4.78, 5) is 4.31. The Morgan fingerprint density at radius 1 is 1.27 bits per heavy atom. The topological polar surface area (TPSA) is 60.2 Å². The van der Waals surface area contributed by atoms with Gasteiger partial charge in [0.2, 0.25) is 5.89 Å². The van der Waals surface area contributed by atoms with E-state index in [4.69, 9.17) is 9.26 Å². The average Bonchev–Trinajstić information content (AvgIpc) is 2.94. The molecule has 2 aromatic rings. The molecule has 0 aliphatic heterocycles. The van der Waals surface area contributed by atoms with Crippen LogP contribution in [0.15, 0.2) is 28.8 Å². The second-order valence-electron chi connectivity index (χ2n) is 5.50. The zero-order valence-electron chi connectivity index (χ0n) is 13.2. The molecule has 0 saturated heterocycles. The van der Waals surface area contributed by atoms with E-state index in [1.54, 1.807) is 19.2 Å². The van der Waals surface area contributed by atoms with Crippen LogP contribution in [-0.2, 0) is 17.7 Å². The van der Waals surface area contributed by atoms with Crippen molar-refractivity contribution in [3.05, 3.63) is 47.4 Å². The molecule has 120 valence electrons. The fourth-order valence-electron chi connectivity index (χ4n) is 2.26. The number of hydrogen-bond acceptors (Lipinski definition) is 5. The maximum absolute atomic E-state index is 13.0. The Labute approximate surface area is 129 Å². The summed E-state index contributed by atoms with van der Waals surface area (Å²) in [6.45, 7) is 5.26. The summed E-state index contributed by atoms with van der Waals surface area (Å²) in [5, 5.41) is 7.30. The van der Waals surface area contributed by atoms with Crippen LogP contribution in [0.3, 0.4) is 0 Å². The van der Waals surface area contributed by atoms with Crippen LogP contribution >= 0.6 is 0 Å². The lowest BCUT2D eigenvalue weighted by Crippen LogP contribution is -2.25. The minimum Gasteiger partial charge on any atom is -0.384 e. The van der Waals surface area contributed by atoms with Crippen LogP contribution in [0.4, 0.5) is 4.39 Å². The number of halogens is 1. The summed E-state index contributed by atoms with van der Waals surface area (Å²) >= 11 is 0. The van der Waals surface area contributed by atoms with E-state index in [-0.39, 0.29) is 11.9 Å². The van der Waals surface area contributed by atoms with Gasteiger partial charge < -0.3 is 14.6 Å². The summed E-state index contributed by atoms with van der Waals surface area (Å²) in [6, 6.07) is 6.63. The molecule has 0 spiro atoms. The smallest absolute Gasteiger partial charge is 0.240 e. The van der Waals surface area contributed by atoms with Gasteiger partial charge in [-0.2, -0.15) is 4.98 Å². The van der Waals surface area contributed by atoms with Gasteiger partial charge >= 0.3 is 0 Å². The van der Waals surface area contributed by atoms with Gasteiger partial charge in [-0.05, 0) is 23.6 Å². The first-order chi connectivity index (χ1) is 10.6. The van der Waals surface area contributed by atoms with Crippen LogP contribution in [0.2, 0.25) is 0 Å². The van der Waals surface area contributed by atoms with Gasteiger partial charge in [0.15, 0.2) is 5.82 Å². The summed E-state index contributed by atoms with van der Waals surface area (Å²) in [5.41, 5.74) is 1.04. The molecule has 0 bridgehead atoms. The normalized spacial score (nSPS) is 12.8. The van der Waals surface area contributed by atoms with Crippen LogP contribution in [0, 0.1) is 11.7 Å². The predicted molar refractivity (Wildman–Crippen MR) is 80.7 cm³/mol. The number of benzene rings is 1. The molecule has 2 rings (SSSR count). The van der Waals surface area contributed by atoms with Crippen LogP contribution in [-0.4, -0.2) is 23.9 Å². The molecule has 1 heterocycles. The van der Waals surface area contributed by atoms with E-state index in [9.17, 15) is 4.39 Å². The van der Waals surface area contributed by atoms with Crippen molar-refractivity contribution >= 4 is 0 Å². The minimum absolute atomic E-state index is 0.0925. The highest BCUT2D eigenvalue weighted by Crippen LogP contribution is 2.22. The molecule has 5 nitrogen and oxygen atoms in total. The monoisotopic (exact) mass is 307 g/mol. The van der Waals surface area contributed by atoms with E-state index in [1.165, 1.54) is 12.1 Å². The number of methoxy groups -OCH3 is 1. The van der Waals surface area contributed by atoms with Gasteiger partial charge in [0.25, 0.3) is 0 Å². The first-order valence-corrected chi connectivity index (χ1v) is 7.39. The predicted octanol–water partition coefficient (Wildman–Crippen LogP) is 2.88. The fourth-order valence-corrected chi connectivity index (χ4v) is 2.26. The number of aromatic nitrogens is 2. The number of ether oxygens (including phenoxy) is 1. The Morgan fingerprint density at radius 3 is 2.64 bits per heavy atom. The highest BCUT2D eigenvalue weighted by Gasteiger charge is 2.17. The highest BCUT2D eigenvalue weighted by molar-refractivity contribution is 5.20. The summed E-state index contributed by atoms with van der Waals surface area (Å²) in [6.07, 6.45) is 0.631. The molecule has 0 fully saturated rings. The molecule has 0 amide bonds. The molecule has 0 radical (unpaired) electrons. The lowest BCUT2D eigenvalue weighted by atomic mass is 9.96. The third-order valence-corrected chi connectivity index (χ3v) is 3.41. The molecular formula is C16H22FN3O2. The van der Waals surface area contributed by atoms with Crippen molar-refractivity contribution in [2.75, 3.05) is 13.7 Å². The van der Waals surface area contributed by atoms with Crippen LogP contribution in [0.25, 0.3) is 0 Å². The van der Waals surface area contributed by atoms with Gasteiger partial charge in [0.1, 0.15) is 5.82 Å². The largest absolute Gasteiger partial charge is 0.384 e. The molecule has 0 unspecified atom stereocenters. The zero-order chi connectivity index (χ0) is 15.9. The van der Waals surface area contributed by atoms with Gasteiger partial charge in [0, 0.05) is 19.6 Å². The zero-order valence-corrected chi connectivity index (χ0v) is 13.2. The molecule has 1 N–H and O–H groups in total. The maximum Gasteiger partial charge on any atom is 0.240 e. The van der Waals surface area contributed by atoms with Gasteiger partial charge in [-0.1, -0.05) is 31.1 Å². The summed E-state index contributed by atoms with van der Waals surface area (Å²) < 4.78 is 23.2. The Balaban J connectivity index is 1.97. The number of hydrogen-bond donors (Lipinski definition) is 1. The highest BCUT2D eigenvalue weighted by atomic mass is 19.1. The molecule has 6 heteroatoms. The van der Waals surface area contributed by atoms with Crippen molar-refractivity contribution in [3.63, 3.8) is 0 Å². The molecule has 22 heavy (non-hydrogen) atoms. The lowest BCUT2D eigenvalue weighted by Gasteiger charge is -2.22. The van der Waals surface area contributed by atoms with Crippen molar-refractivity contribution in [1.29, 1.82) is 0 Å².